The summed E-state index contributed by atoms with van der Waals surface area (Å²) < 4.78 is 0. The van der Waals surface area contributed by atoms with Crippen LogP contribution in [0.15, 0.2) is 0 Å². The van der Waals surface area contributed by atoms with E-state index in [4.69, 9.17) is 11.5 Å². The molecule has 1 rings (SSSR count). The largest absolute Gasteiger partial charge is 0.480 e. The topological polar surface area (TPSA) is 188 Å². The Morgan fingerprint density at radius 1 is 1.25 bits per heavy atom. The standard InChI is InChI=1S/C17H31N5O6/c1-10(23)14(19)15(25)20-9-13(24)21-11(5-2-3-7-18)16(26)22-8-4-6-12(22)17(27)28/h10-12,14,23H,2-9,18-19H2,1H3,(H,20,25)(H,21,24)(H,27,28). The van der Waals surface area contributed by atoms with Gasteiger partial charge in [-0.05, 0) is 45.6 Å². The number of rotatable bonds is 11. The lowest BCUT2D eigenvalue weighted by molar-refractivity contribution is -0.149. The molecule has 3 amide bonds. The number of aliphatic carboxylic acids is 1. The summed E-state index contributed by atoms with van der Waals surface area (Å²) in [5.74, 6) is -2.83. The average Bonchev–Trinajstić information content (AvgIpc) is 3.14. The third-order valence-corrected chi connectivity index (χ3v) is 4.65. The molecule has 0 aliphatic carbocycles. The zero-order valence-corrected chi connectivity index (χ0v) is 16.1. The number of carbonyl (C=O) groups excluding carboxylic acids is 3. The van der Waals surface area contributed by atoms with Crippen LogP contribution in [0.4, 0.5) is 0 Å². The molecule has 0 spiro atoms. The van der Waals surface area contributed by atoms with Crippen LogP contribution in [0.5, 0.6) is 0 Å². The number of hydrogen-bond acceptors (Lipinski definition) is 7. The van der Waals surface area contributed by atoms with Gasteiger partial charge in [0.05, 0.1) is 12.6 Å². The number of nitrogens with two attached hydrogens (primary N) is 2. The fourth-order valence-electron chi connectivity index (χ4n) is 2.99. The smallest absolute Gasteiger partial charge is 0.326 e. The molecule has 1 saturated heterocycles. The summed E-state index contributed by atoms with van der Waals surface area (Å²) in [7, 11) is 0. The zero-order chi connectivity index (χ0) is 21.3. The number of unbranched alkanes of at least 4 members (excludes halogenated alkanes) is 1. The Labute approximate surface area is 163 Å². The highest BCUT2D eigenvalue weighted by Crippen LogP contribution is 2.19. The predicted octanol–water partition coefficient (Wildman–Crippen LogP) is -2.50. The molecule has 4 unspecified atom stereocenters. The van der Waals surface area contributed by atoms with Crippen molar-refractivity contribution in [3.8, 4) is 0 Å². The summed E-state index contributed by atoms with van der Waals surface area (Å²) in [5.41, 5.74) is 11.0. The molecular formula is C17H31N5O6. The van der Waals surface area contributed by atoms with Crippen LogP contribution < -0.4 is 22.1 Å². The summed E-state index contributed by atoms with van der Waals surface area (Å²) >= 11 is 0. The van der Waals surface area contributed by atoms with Crippen LogP contribution in [0, 0.1) is 0 Å². The maximum absolute atomic E-state index is 12.8. The maximum atomic E-state index is 12.8. The van der Waals surface area contributed by atoms with Crippen LogP contribution >= 0.6 is 0 Å². The molecule has 4 atom stereocenters. The van der Waals surface area contributed by atoms with Crippen molar-refractivity contribution in [1.29, 1.82) is 0 Å². The number of aliphatic hydroxyl groups is 1. The summed E-state index contributed by atoms with van der Waals surface area (Å²) in [6.07, 6.45) is 1.43. The number of carbonyl (C=O) groups is 4. The fourth-order valence-corrected chi connectivity index (χ4v) is 2.99. The molecule has 11 nitrogen and oxygen atoms in total. The maximum Gasteiger partial charge on any atom is 0.326 e. The third-order valence-electron chi connectivity index (χ3n) is 4.65. The molecule has 1 fully saturated rings. The van der Waals surface area contributed by atoms with E-state index >= 15 is 0 Å². The van der Waals surface area contributed by atoms with Crippen LogP contribution in [-0.4, -0.2) is 82.7 Å². The quantitative estimate of drug-likeness (QED) is 0.205. The van der Waals surface area contributed by atoms with Gasteiger partial charge in [-0.2, -0.15) is 0 Å². The minimum absolute atomic E-state index is 0.311. The Morgan fingerprint density at radius 3 is 2.50 bits per heavy atom. The zero-order valence-electron chi connectivity index (χ0n) is 16.1. The first kappa shape index (κ1) is 23.8. The molecule has 0 radical (unpaired) electrons. The molecule has 28 heavy (non-hydrogen) atoms. The lowest BCUT2D eigenvalue weighted by Gasteiger charge is -2.27. The number of hydrogen-bond donors (Lipinski definition) is 6. The Balaban J connectivity index is 2.70. The third kappa shape index (κ3) is 7.06. The second-order valence-electron chi connectivity index (χ2n) is 6.92. The van der Waals surface area contributed by atoms with Crippen LogP contribution in [0.2, 0.25) is 0 Å². The Morgan fingerprint density at radius 2 is 1.93 bits per heavy atom. The molecular weight excluding hydrogens is 370 g/mol. The number of nitrogens with zero attached hydrogens (tertiary/aromatic N) is 1. The van der Waals surface area contributed by atoms with Gasteiger partial charge >= 0.3 is 5.97 Å². The van der Waals surface area contributed by atoms with Crippen molar-refractivity contribution in [2.45, 2.75) is 63.3 Å². The van der Waals surface area contributed by atoms with E-state index in [1.807, 2.05) is 0 Å². The van der Waals surface area contributed by atoms with Gasteiger partial charge in [0, 0.05) is 6.54 Å². The highest BCUT2D eigenvalue weighted by atomic mass is 16.4. The average molecular weight is 401 g/mol. The van der Waals surface area contributed by atoms with Gasteiger partial charge in [-0.25, -0.2) is 4.79 Å². The first-order valence-corrected chi connectivity index (χ1v) is 9.43. The number of amides is 3. The van der Waals surface area contributed by atoms with Crippen molar-refractivity contribution in [1.82, 2.24) is 15.5 Å². The second kappa shape index (κ2) is 11.6. The predicted molar refractivity (Wildman–Crippen MR) is 99.9 cm³/mol. The Kier molecular flexibility index (Phi) is 9.83. The van der Waals surface area contributed by atoms with E-state index in [0.29, 0.717) is 45.2 Å². The van der Waals surface area contributed by atoms with E-state index in [-0.39, 0.29) is 0 Å². The first-order valence-electron chi connectivity index (χ1n) is 9.43. The van der Waals surface area contributed by atoms with Gasteiger partial charge < -0.3 is 37.2 Å². The van der Waals surface area contributed by atoms with Gasteiger partial charge in [0.15, 0.2) is 0 Å². The summed E-state index contributed by atoms with van der Waals surface area (Å²) in [5, 5.41) is 23.4. The first-order chi connectivity index (χ1) is 13.2. The summed E-state index contributed by atoms with van der Waals surface area (Å²) in [4.78, 5) is 49.3. The minimum Gasteiger partial charge on any atom is -0.480 e. The molecule has 160 valence electrons. The molecule has 0 aromatic carbocycles. The SMILES string of the molecule is CC(O)C(N)C(=O)NCC(=O)NC(CCCCN)C(=O)N1CCCC1C(=O)O. The van der Waals surface area contributed by atoms with Crippen LogP contribution in [0.3, 0.4) is 0 Å². The minimum atomic E-state index is -1.17. The van der Waals surface area contributed by atoms with E-state index in [0.717, 1.165) is 0 Å². The molecule has 1 heterocycles. The van der Waals surface area contributed by atoms with Crippen molar-refractivity contribution in [3.05, 3.63) is 0 Å². The van der Waals surface area contributed by atoms with Crippen LogP contribution in [0.1, 0.15) is 39.0 Å². The van der Waals surface area contributed by atoms with Crippen molar-refractivity contribution in [2.75, 3.05) is 19.6 Å². The highest BCUT2D eigenvalue weighted by Gasteiger charge is 2.37. The number of carboxylic acid groups (broad SMARTS) is 1. The molecule has 8 N–H and O–H groups in total. The molecule has 0 aromatic heterocycles. The van der Waals surface area contributed by atoms with Crippen molar-refractivity contribution in [2.24, 2.45) is 11.5 Å². The van der Waals surface area contributed by atoms with E-state index in [9.17, 15) is 29.4 Å². The van der Waals surface area contributed by atoms with Crippen LogP contribution in [0.25, 0.3) is 0 Å². The Bertz CT molecular complexity index is 570. The molecule has 1 aliphatic rings. The van der Waals surface area contributed by atoms with E-state index in [1.165, 1.54) is 11.8 Å². The highest BCUT2D eigenvalue weighted by molar-refractivity contribution is 5.92. The molecule has 0 saturated carbocycles. The van der Waals surface area contributed by atoms with E-state index in [1.54, 1.807) is 0 Å². The van der Waals surface area contributed by atoms with Crippen LogP contribution in [-0.2, 0) is 19.2 Å². The van der Waals surface area contributed by atoms with E-state index < -0.39 is 54.5 Å². The van der Waals surface area contributed by atoms with Gasteiger partial charge in [-0.15, -0.1) is 0 Å². The van der Waals surface area contributed by atoms with Gasteiger partial charge in [0.1, 0.15) is 18.1 Å². The molecule has 0 aromatic rings. The summed E-state index contributed by atoms with van der Waals surface area (Å²) in [6, 6.07) is -2.97. The van der Waals surface area contributed by atoms with Crippen molar-refractivity contribution >= 4 is 23.7 Å². The van der Waals surface area contributed by atoms with Gasteiger partial charge in [0.2, 0.25) is 17.7 Å². The second-order valence-corrected chi connectivity index (χ2v) is 6.92. The molecule has 11 heteroatoms. The number of carboxylic acids is 1. The number of likely N-dealkylation sites (tertiary alicyclic amines) is 1. The lowest BCUT2D eigenvalue weighted by Crippen LogP contribution is -2.54. The normalized spacial score (nSPS) is 19.6. The number of nitrogens with one attached hydrogen (secondary N) is 2. The van der Waals surface area contributed by atoms with E-state index in [2.05, 4.69) is 10.6 Å². The van der Waals surface area contributed by atoms with Gasteiger partial charge in [-0.1, -0.05) is 0 Å². The molecule has 1 aliphatic heterocycles. The van der Waals surface area contributed by atoms with Gasteiger partial charge in [-0.3, -0.25) is 14.4 Å². The summed E-state index contributed by atoms with van der Waals surface area (Å²) in [6.45, 7) is 1.69. The molecule has 0 bridgehead atoms. The fraction of sp³-hybridized carbons (Fsp3) is 0.765. The van der Waals surface area contributed by atoms with Gasteiger partial charge in [0.25, 0.3) is 0 Å². The van der Waals surface area contributed by atoms with Crippen molar-refractivity contribution in [3.63, 3.8) is 0 Å². The number of aliphatic hydroxyl groups excluding tert-OH is 1. The van der Waals surface area contributed by atoms with Crippen molar-refractivity contribution < 1.29 is 29.4 Å². The monoisotopic (exact) mass is 401 g/mol. The lowest BCUT2D eigenvalue weighted by atomic mass is 10.1. The Hall–Kier alpha value is -2.24.